The second kappa shape index (κ2) is 5.89. The van der Waals surface area contributed by atoms with Crippen LogP contribution in [0, 0.1) is 0 Å². The molecule has 0 fully saturated rings. The van der Waals surface area contributed by atoms with E-state index < -0.39 is 0 Å². The minimum Gasteiger partial charge on any atom is -0.350 e. The van der Waals surface area contributed by atoms with Gasteiger partial charge in [-0.25, -0.2) is 0 Å². The number of hydrogen-bond acceptors (Lipinski definition) is 3. The Morgan fingerprint density at radius 1 is 1.43 bits per heavy atom. The van der Waals surface area contributed by atoms with Crippen LogP contribution in [-0.2, 0) is 26.4 Å². The summed E-state index contributed by atoms with van der Waals surface area (Å²) in [5.41, 5.74) is 0.559. The van der Waals surface area contributed by atoms with Gasteiger partial charge in [0.15, 0.2) is 0 Å². The molecule has 21 heavy (non-hydrogen) atoms. The highest BCUT2D eigenvalue weighted by atomic mass is 35.5. The number of nitrogens with one attached hydrogen (secondary N) is 1. The van der Waals surface area contributed by atoms with Crippen LogP contribution in [0.5, 0.6) is 0 Å². The van der Waals surface area contributed by atoms with E-state index in [4.69, 9.17) is 11.6 Å². The van der Waals surface area contributed by atoms with E-state index in [2.05, 4.69) is 20.1 Å². The highest BCUT2D eigenvalue weighted by Gasteiger charge is 2.16. The molecule has 1 aliphatic heterocycles. The van der Waals surface area contributed by atoms with Gasteiger partial charge in [-0.15, -0.1) is 10.2 Å². The lowest BCUT2D eigenvalue weighted by atomic mass is 10.1. The van der Waals surface area contributed by atoms with Crippen molar-refractivity contribution in [2.75, 3.05) is 6.54 Å². The summed E-state index contributed by atoms with van der Waals surface area (Å²) in [5.74, 6) is 1.90. The van der Waals surface area contributed by atoms with E-state index in [1.165, 1.54) is 12.8 Å². The van der Waals surface area contributed by atoms with Crippen LogP contribution in [0.25, 0.3) is 0 Å². The van der Waals surface area contributed by atoms with E-state index in [9.17, 15) is 4.79 Å². The Labute approximate surface area is 128 Å². The maximum absolute atomic E-state index is 12.1. The largest absolute Gasteiger partial charge is 0.350 e. The molecule has 0 radical (unpaired) electrons. The highest BCUT2D eigenvalue weighted by molar-refractivity contribution is 6.31. The maximum Gasteiger partial charge on any atom is 0.267 e. The number of fused-ring (bicyclic) bond motifs is 1. The molecular formula is C14H18ClN5O. The van der Waals surface area contributed by atoms with Crippen molar-refractivity contribution in [2.24, 2.45) is 7.05 Å². The highest BCUT2D eigenvalue weighted by Crippen LogP contribution is 2.15. The average molecular weight is 308 g/mol. The standard InChI is InChI=1S/C14H18ClN5O/c1-19-9-10(15)8-11(19)14(21)16-6-5-13-18-17-12-4-2-3-7-20(12)13/h8-9H,2-7H2,1H3,(H,16,21). The van der Waals surface area contributed by atoms with Gasteiger partial charge in [0.2, 0.25) is 0 Å². The molecule has 0 bridgehead atoms. The molecule has 1 N–H and O–H groups in total. The van der Waals surface area contributed by atoms with Crippen molar-refractivity contribution in [2.45, 2.75) is 32.2 Å². The average Bonchev–Trinajstić information content (AvgIpc) is 3.02. The number of carbonyl (C=O) groups excluding carboxylic acids is 1. The Kier molecular flexibility index (Phi) is 3.96. The first-order valence-electron chi connectivity index (χ1n) is 7.16. The molecule has 1 amide bonds. The lowest BCUT2D eigenvalue weighted by molar-refractivity contribution is 0.0946. The van der Waals surface area contributed by atoms with Crippen molar-refractivity contribution in [3.63, 3.8) is 0 Å². The van der Waals surface area contributed by atoms with Crippen LogP contribution in [0.1, 0.15) is 35.0 Å². The lowest BCUT2D eigenvalue weighted by Gasteiger charge is -2.14. The number of hydrogen-bond donors (Lipinski definition) is 1. The number of aromatic nitrogens is 4. The molecule has 0 aliphatic carbocycles. The molecule has 2 aromatic rings. The van der Waals surface area contributed by atoms with Crippen LogP contribution in [0.4, 0.5) is 0 Å². The van der Waals surface area contributed by atoms with Gasteiger partial charge in [-0.2, -0.15) is 0 Å². The molecule has 0 saturated heterocycles. The van der Waals surface area contributed by atoms with Crippen LogP contribution < -0.4 is 5.32 Å². The van der Waals surface area contributed by atoms with Gasteiger partial charge in [-0.05, 0) is 18.9 Å². The zero-order valence-electron chi connectivity index (χ0n) is 12.0. The molecule has 0 saturated carbocycles. The molecular weight excluding hydrogens is 290 g/mol. The molecule has 2 aromatic heterocycles. The summed E-state index contributed by atoms with van der Waals surface area (Å²) in [6, 6.07) is 1.66. The molecule has 7 heteroatoms. The number of aryl methyl sites for hydroxylation is 2. The van der Waals surface area contributed by atoms with Crippen LogP contribution in [0.15, 0.2) is 12.3 Å². The van der Waals surface area contributed by atoms with Crippen LogP contribution >= 0.6 is 11.6 Å². The fourth-order valence-corrected chi connectivity index (χ4v) is 2.93. The monoisotopic (exact) mass is 307 g/mol. The predicted molar refractivity (Wildman–Crippen MR) is 79.4 cm³/mol. The van der Waals surface area contributed by atoms with Gasteiger partial charge in [-0.1, -0.05) is 11.6 Å². The summed E-state index contributed by atoms with van der Waals surface area (Å²) in [5, 5.41) is 11.9. The van der Waals surface area contributed by atoms with Crippen molar-refractivity contribution in [3.8, 4) is 0 Å². The van der Waals surface area contributed by atoms with Gasteiger partial charge < -0.3 is 14.5 Å². The second-order valence-corrected chi connectivity index (χ2v) is 5.74. The number of rotatable bonds is 4. The van der Waals surface area contributed by atoms with Gasteiger partial charge >= 0.3 is 0 Å². The Morgan fingerprint density at radius 2 is 2.29 bits per heavy atom. The fourth-order valence-electron chi connectivity index (χ4n) is 2.68. The topological polar surface area (TPSA) is 64.7 Å². The SMILES string of the molecule is Cn1cc(Cl)cc1C(=O)NCCc1nnc2n1CCCC2. The zero-order chi connectivity index (χ0) is 14.8. The molecule has 0 spiro atoms. The zero-order valence-corrected chi connectivity index (χ0v) is 12.7. The van der Waals surface area contributed by atoms with Crippen molar-refractivity contribution in [1.82, 2.24) is 24.6 Å². The molecule has 0 aromatic carbocycles. The number of carbonyl (C=O) groups is 1. The molecule has 1 aliphatic rings. The molecule has 6 nitrogen and oxygen atoms in total. The first-order chi connectivity index (χ1) is 10.1. The van der Waals surface area contributed by atoms with Crippen molar-refractivity contribution in [1.29, 1.82) is 0 Å². The second-order valence-electron chi connectivity index (χ2n) is 5.30. The van der Waals surface area contributed by atoms with Crippen molar-refractivity contribution >= 4 is 17.5 Å². The molecule has 0 unspecified atom stereocenters. The molecule has 3 rings (SSSR count). The lowest BCUT2D eigenvalue weighted by Crippen LogP contribution is -2.28. The van der Waals surface area contributed by atoms with E-state index in [0.29, 0.717) is 23.7 Å². The van der Waals surface area contributed by atoms with Crippen molar-refractivity contribution < 1.29 is 4.79 Å². The third-order valence-corrected chi connectivity index (χ3v) is 3.98. The normalized spacial score (nSPS) is 14.0. The van der Waals surface area contributed by atoms with Crippen molar-refractivity contribution in [3.05, 3.63) is 34.6 Å². The summed E-state index contributed by atoms with van der Waals surface area (Å²) >= 11 is 5.88. The smallest absolute Gasteiger partial charge is 0.267 e. The van der Waals surface area contributed by atoms with Gasteiger partial charge in [0.1, 0.15) is 17.3 Å². The van der Waals surface area contributed by atoms with Gasteiger partial charge in [0.25, 0.3) is 5.91 Å². The quantitative estimate of drug-likeness (QED) is 0.932. The maximum atomic E-state index is 12.1. The number of halogens is 1. The summed E-state index contributed by atoms with van der Waals surface area (Å²) in [6.07, 6.45) is 5.76. The minimum atomic E-state index is -0.122. The fraction of sp³-hybridized carbons (Fsp3) is 0.500. The van der Waals surface area contributed by atoms with E-state index >= 15 is 0 Å². The summed E-state index contributed by atoms with van der Waals surface area (Å²) in [6.45, 7) is 1.53. The Morgan fingerprint density at radius 3 is 3.05 bits per heavy atom. The predicted octanol–water partition coefficient (Wildman–Crippen LogP) is 1.58. The summed E-state index contributed by atoms with van der Waals surface area (Å²) < 4.78 is 3.89. The third kappa shape index (κ3) is 2.95. The van der Waals surface area contributed by atoms with Crippen LogP contribution in [0.3, 0.4) is 0 Å². The Balaban J connectivity index is 1.58. The Bertz CT molecular complexity index is 660. The first kappa shape index (κ1) is 14.1. The third-order valence-electron chi connectivity index (χ3n) is 3.77. The van der Waals surface area contributed by atoms with Crippen LogP contribution in [0.2, 0.25) is 5.02 Å². The molecule has 3 heterocycles. The minimum absolute atomic E-state index is 0.122. The van der Waals surface area contributed by atoms with E-state index in [1.54, 1.807) is 23.9 Å². The van der Waals surface area contributed by atoms with E-state index in [0.717, 1.165) is 24.6 Å². The van der Waals surface area contributed by atoms with Gasteiger partial charge in [0, 0.05) is 39.2 Å². The number of nitrogens with zero attached hydrogens (tertiary/aromatic N) is 4. The van der Waals surface area contributed by atoms with Gasteiger partial charge in [0.05, 0.1) is 5.02 Å². The summed E-state index contributed by atoms with van der Waals surface area (Å²) in [4.78, 5) is 12.1. The van der Waals surface area contributed by atoms with Gasteiger partial charge in [-0.3, -0.25) is 4.79 Å². The van der Waals surface area contributed by atoms with E-state index in [1.807, 2.05) is 0 Å². The summed E-state index contributed by atoms with van der Waals surface area (Å²) in [7, 11) is 1.80. The van der Waals surface area contributed by atoms with E-state index in [-0.39, 0.29) is 5.91 Å². The molecule has 0 atom stereocenters. The Hall–Kier alpha value is -1.82. The van der Waals surface area contributed by atoms with Crippen LogP contribution in [-0.4, -0.2) is 31.8 Å². The first-order valence-corrected chi connectivity index (χ1v) is 7.54. The number of amides is 1. The molecule has 112 valence electrons.